The van der Waals surface area contributed by atoms with E-state index < -0.39 is 6.10 Å². The van der Waals surface area contributed by atoms with Gasteiger partial charge >= 0.3 is 0 Å². The molecule has 0 fully saturated rings. The van der Waals surface area contributed by atoms with Gasteiger partial charge in [-0.2, -0.15) is 0 Å². The van der Waals surface area contributed by atoms with E-state index in [1.165, 1.54) is 0 Å². The minimum atomic E-state index is -0.562. The molecule has 0 heterocycles. The van der Waals surface area contributed by atoms with Crippen molar-refractivity contribution in [3.8, 4) is 5.75 Å². The van der Waals surface area contributed by atoms with Crippen LogP contribution in [0.1, 0.15) is 32.4 Å². The lowest BCUT2D eigenvalue weighted by Crippen LogP contribution is -2.36. The highest BCUT2D eigenvalue weighted by Crippen LogP contribution is 2.33. The number of nitrogens with one attached hydrogen (secondary N) is 1. The van der Waals surface area contributed by atoms with E-state index in [1.54, 1.807) is 6.92 Å². The number of hydrogen-bond acceptors (Lipinski definition) is 3. The summed E-state index contributed by atoms with van der Waals surface area (Å²) in [4.78, 5) is 11.9. The molecule has 0 spiro atoms. The third-order valence-corrected chi connectivity index (χ3v) is 3.42. The average molecular weight is 286 g/mol. The fourth-order valence-corrected chi connectivity index (χ4v) is 2.30. The number of fused-ring (bicyclic) bond motifs is 1. The van der Waals surface area contributed by atoms with Gasteiger partial charge in [0, 0.05) is 23.5 Å². The van der Waals surface area contributed by atoms with E-state index in [9.17, 15) is 4.79 Å². The topological polar surface area (TPSA) is 64.3 Å². The van der Waals surface area contributed by atoms with Crippen LogP contribution in [0, 0.1) is 0 Å². The average Bonchev–Trinajstić information content (AvgIpc) is 2.47. The van der Waals surface area contributed by atoms with Gasteiger partial charge in [0.2, 0.25) is 0 Å². The number of likely N-dealkylation sites (N-methyl/N-ethyl adjacent to an activating group) is 1. The molecule has 0 saturated heterocycles. The predicted molar refractivity (Wildman–Crippen MR) is 85.3 cm³/mol. The second kappa shape index (κ2) is 6.59. The number of carbonyl (C=O) groups excluding carboxylic acids is 1. The first-order valence-corrected chi connectivity index (χ1v) is 7.26. The molecule has 2 rings (SSSR count). The summed E-state index contributed by atoms with van der Waals surface area (Å²) in [5.41, 5.74) is 6.94. The van der Waals surface area contributed by atoms with Gasteiger partial charge in [-0.25, -0.2) is 0 Å². The number of rotatable bonds is 5. The van der Waals surface area contributed by atoms with E-state index in [0.717, 1.165) is 16.3 Å². The van der Waals surface area contributed by atoms with Crippen molar-refractivity contribution in [2.24, 2.45) is 5.73 Å². The Hall–Kier alpha value is -2.07. The summed E-state index contributed by atoms with van der Waals surface area (Å²) in [5, 5.41) is 4.81. The lowest BCUT2D eigenvalue weighted by Gasteiger charge is -2.20. The molecule has 0 radical (unpaired) electrons. The van der Waals surface area contributed by atoms with E-state index in [1.807, 2.05) is 50.2 Å². The van der Waals surface area contributed by atoms with Crippen LogP contribution < -0.4 is 15.8 Å². The lowest BCUT2D eigenvalue weighted by atomic mass is 10.0. The van der Waals surface area contributed by atoms with Crippen LogP contribution in [0.3, 0.4) is 0 Å². The number of amides is 1. The molecule has 0 aliphatic heterocycles. The largest absolute Gasteiger partial charge is 0.480 e. The first-order valence-electron chi connectivity index (χ1n) is 7.26. The fourth-order valence-electron chi connectivity index (χ4n) is 2.30. The summed E-state index contributed by atoms with van der Waals surface area (Å²) >= 11 is 0. The molecule has 0 aliphatic carbocycles. The van der Waals surface area contributed by atoms with Gasteiger partial charge in [-0.3, -0.25) is 4.79 Å². The number of benzene rings is 2. The summed E-state index contributed by atoms with van der Waals surface area (Å²) in [7, 11) is 0. The molecule has 2 aromatic rings. The van der Waals surface area contributed by atoms with E-state index in [-0.39, 0.29) is 11.9 Å². The minimum Gasteiger partial charge on any atom is -0.480 e. The molecule has 2 atom stereocenters. The molecule has 3 N–H and O–H groups in total. The molecule has 0 aromatic heterocycles. The van der Waals surface area contributed by atoms with Crippen molar-refractivity contribution in [2.45, 2.75) is 32.9 Å². The van der Waals surface area contributed by atoms with Gasteiger partial charge in [-0.05, 0) is 26.2 Å². The molecule has 0 aliphatic rings. The van der Waals surface area contributed by atoms with Gasteiger partial charge in [-0.15, -0.1) is 0 Å². The molecule has 1 amide bonds. The monoisotopic (exact) mass is 286 g/mol. The Morgan fingerprint density at radius 2 is 1.95 bits per heavy atom. The van der Waals surface area contributed by atoms with Crippen molar-refractivity contribution in [3.05, 3.63) is 42.0 Å². The molecule has 1 unspecified atom stereocenters. The smallest absolute Gasteiger partial charge is 0.260 e. The number of hydrogen-bond donors (Lipinski definition) is 2. The molecular weight excluding hydrogens is 264 g/mol. The summed E-state index contributed by atoms with van der Waals surface area (Å²) in [6.07, 6.45) is -0.562. The molecule has 0 saturated carbocycles. The van der Waals surface area contributed by atoms with Crippen molar-refractivity contribution in [1.82, 2.24) is 5.32 Å². The van der Waals surface area contributed by atoms with E-state index in [2.05, 4.69) is 5.32 Å². The molecule has 4 nitrogen and oxygen atoms in total. The first kappa shape index (κ1) is 15.3. The Balaban J connectivity index is 2.44. The SMILES string of the molecule is CCNC(=O)C(C)Oc1c([C@@H](C)N)ccc2ccccc12. The van der Waals surface area contributed by atoms with Crippen LogP contribution in [-0.4, -0.2) is 18.6 Å². The highest BCUT2D eigenvalue weighted by molar-refractivity contribution is 5.90. The van der Waals surface area contributed by atoms with Gasteiger partial charge in [0.1, 0.15) is 5.75 Å². The summed E-state index contributed by atoms with van der Waals surface area (Å²) < 4.78 is 5.94. The first-order chi connectivity index (χ1) is 10.0. The summed E-state index contributed by atoms with van der Waals surface area (Å²) in [5.74, 6) is 0.572. The highest BCUT2D eigenvalue weighted by atomic mass is 16.5. The maximum atomic E-state index is 11.9. The van der Waals surface area contributed by atoms with E-state index >= 15 is 0 Å². The van der Waals surface area contributed by atoms with E-state index in [0.29, 0.717) is 12.3 Å². The second-order valence-electron chi connectivity index (χ2n) is 5.15. The Morgan fingerprint density at radius 1 is 1.24 bits per heavy atom. The van der Waals surface area contributed by atoms with Crippen LogP contribution in [-0.2, 0) is 4.79 Å². The number of nitrogens with two attached hydrogens (primary N) is 1. The van der Waals surface area contributed by atoms with Crippen molar-refractivity contribution in [2.75, 3.05) is 6.54 Å². The zero-order valence-electron chi connectivity index (χ0n) is 12.7. The molecule has 4 heteroatoms. The minimum absolute atomic E-state index is 0.124. The second-order valence-corrected chi connectivity index (χ2v) is 5.15. The fraction of sp³-hybridized carbons (Fsp3) is 0.353. The number of carbonyl (C=O) groups is 1. The lowest BCUT2D eigenvalue weighted by molar-refractivity contribution is -0.127. The Bertz CT molecular complexity index is 638. The third-order valence-electron chi connectivity index (χ3n) is 3.42. The van der Waals surface area contributed by atoms with Crippen LogP contribution in [0.25, 0.3) is 10.8 Å². The van der Waals surface area contributed by atoms with Crippen molar-refractivity contribution in [3.63, 3.8) is 0 Å². The van der Waals surface area contributed by atoms with Crippen LogP contribution in [0.4, 0.5) is 0 Å². The normalized spacial score (nSPS) is 13.7. The third kappa shape index (κ3) is 3.34. The molecule has 21 heavy (non-hydrogen) atoms. The van der Waals surface area contributed by atoms with Gasteiger partial charge in [-0.1, -0.05) is 36.4 Å². The van der Waals surface area contributed by atoms with Crippen LogP contribution in [0.15, 0.2) is 36.4 Å². The Kier molecular flexibility index (Phi) is 4.81. The van der Waals surface area contributed by atoms with Crippen LogP contribution in [0.2, 0.25) is 0 Å². The molecule has 0 bridgehead atoms. The van der Waals surface area contributed by atoms with Crippen LogP contribution >= 0.6 is 0 Å². The van der Waals surface area contributed by atoms with Crippen molar-refractivity contribution < 1.29 is 9.53 Å². The quantitative estimate of drug-likeness (QED) is 0.888. The Morgan fingerprint density at radius 3 is 2.62 bits per heavy atom. The van der Waals surface area contributed by atoms with Gasteiger partial charge < -0.3 is 15.8 Å². The standard InChI is InChI=1S/C17H22N2O2/c1-4-19-17(20)12(3)21-16-14(11(2)18)10-9-13-7-5-6-8-15(13)16/h5-12H,4,18H2,1-3H3,(H,19,20)/t11-,12?/m1/s1. The van der Waals surface area contributed by atoms with Crippen molar-refractivity contribution in [1.29, 1.82) is 0 Å². The number of ether oxygens (including phenoxy) is 1. The van der Waals surface area contributed by atoms with Crippen LogP contribution in [0.5, 0.6) is 5.75 Å². The molecule has 2 aromatic carbocycles. The highest BCUT2D eigenvalue weighted by Gasteiger charge is 2.18. The van der Waals surface area contributed by atoms with E-state index in [4.69, 9.17) is 10.5 Å². The van der Waals surface area contributed by atoms with Gasteiger partial charge in [0.25, 0.3) is 5.91 Å². The zero-order chi connectivity index (χ0) is 15.4. The summed E-state index contributed by atoms with van der Waals surface area (Å²) in [6.45, 7) is 6.13. The predicted octanol–water partition coefficient (Wildman–Crippen LogP) is 2.76. The summed E-state index contributed by atoms with van der Waals surface area (Å²) in [6, 6.07) is 11.8. The maximum Gasteiger partial charge on any atom is 0.260 e. The zero-order valence-corrected chi connectivity index (χ0v) is 12.7. The maximum absolute atomic E-state index is 11.9. The van der Waals surface area contributed by atoms with Gasteiger partial charge in [0.05, 0.1) is 0 Å². The Labute approximate surface area is 125 Å². The van der Waals surface area contributed by atoms with Gasteiger partial charge in [0.15, 0.2) is 6.10 Å². The van der Waals surface area contributed by atoms with Crippen molar-refractivity contribution >= 4 is 16.7 Å². The molecule has 112 valence electrons. The molecular formula is C17H22N2O2.